The van der Waals surface area contributed by atoms with E-state index in [4.69, 9.17) is 4.42 Å². The van der Waals surface area contributed by atoms with Gasteiger partial charge in [-0.05, 0) is 26.3 Å². The summed E-state index contributed by atoms with van der Waals surface area (Å²) in [6.07, 6.45) is 4.63. The molecule has 1 unspecified atom stereocenters. The van der Waals surface area contributed by atoms with Crippen LogP contribution < -0.4 is 0 Å². The van der Waals surface area contributed by atoms with Crippen LogP contribution in [0.15, 0.2) is 10.8 Å². The van der Waals surface area contributed by atoms with E-state index in [0.29, 0.717) is 0 Å². The normalized spacial score (nSPS) is 22.0. The maximum Gasteiger partial charge on any atom is 0.211 e. The Hall–Kier alpha value is -0.920. The fourth-order valence-corrected chi connectivity index (χ4v) is 3.15. The molecule has 1 aromatic rings. The largest absolute Gasteiger partial charge is 0.448 e. The lowest BCUT2D eigenvalue weighted by molar-refractivity contribution is 0.152. The fourth-order valence-electron chi connectivity index (χ4n) is 2.43. The van der Waals surface area contributed by atoms with E-state index in [1.54, 1.807) is 7.05 Å². The maximum absolute atomic E-state index is 11.6. The summed E-state index contributed by atoms with van der Waals surface area (Å²) in [4.78, 5) is 6.43. The van der Waals surface area contributed by atoms with Crippen molar-refractivity contribution in [2.24, 2.45) is 0 Å². The fraction of sp³-hybridized carbons (Fsp3) is 0.750. The van der Waals surface area contributed by atoms with Crippen LogP contribution in [0.2, 0.25) is 0 Å². The summed E-state index contributed by atoms with van der Waals surface area (Å²) in [7, 11) is -1.47. The summed E-state index contributed by atoms with van der Waals surface area (Å²) in [5, 5.41) is 0. The van der Waals surface area contributed by atoms with Crippen LogP contribution >= 0.6 is 0 Å². The minimum absolute atomic E-state index is 0.0518. The molecular formula is C12H21N3O3S. The second kappa shape index (κ2) is 5.60. The Morgan fingerprint density at radius 3 is 2.89 bits per heavy atom. The third-order valence-corrected chi connectivity index (χ3v) is 5.08. The van der Waals surface area contributed by atoms with Gasteiger partial charge < -0.3 is 4.42 Å². The first-order valence-electron chi connectivity index (χ1n) is 6.42. The predicted molar refractivity (Wildman–Crippen MR) is 72.1 cm³/mol. The van der Waals surface area contributed by atoms with Gasteiger partial charge in [0.05, 0.1) is 11.9 Å². The molecule has 0 aromatic carbocycles. The Morgan fingerprint density at radius 1 is 1.58 bits per heavy atom. The summed E-state index contributed by atoms with van der Waals surface area (Å²) >= 11 is 0. The highest BCUT2D eigenvalue weighted by Crippen LogP contribution is 2.19. The molecule has 0 aliphatic carbocycles. The number of aryl methyl sites for hydroxylation is 1. The summed E-state index contributed by atoms with van der Waals surface area (Å²) in [6.45, 7) is 4.33. The van der Waals surface area contributed by atoms with Crippen molar-refractivity contribution in [1.82, 2.24) is 14.2 Å². The number of likely N-dealkylation sites (tertiary alicyclic amines) is 1. The molecule has 0 saturated carbocycles. The molecule has 1 aliphatic heterocycles. The summed E-state index contributed by atoms with van der Waals surface area (Å²) in [5.74, 6) is 0.832. The first-order valence-corrected chi connectivity index (χ1v) is 8.27. The van der Waals surface area contributed by atoms with Crippen molar-refractivity contribution >= 4 is 10.0 Å². The summed E-state index contributed by atoms with van der Waals surface area (Å²) in [6, 6.07) is 0.0518. The Bertz CT molecular complexity index is 526. The number of rotatable bonds is 4. The Labute approximate surface area is 114 Å². The molecule has 1 aliphatic rings. The van der Waals surface area contributed by atoms with Crippen LogP contribution in [0.5, 0.6) is 0 Å². The number of sulfonamides is 1. The molecule has 1 fully saturated rings. The first kappa shape index (κ1) is 14.5. The van der Waals surface area contributed by atoms with Crippen molar-refractivity contribution in [3.8, 4) is 0 Å². The van der Waals surface area contributed by atoms with E-state index < -0.39 is 10.0 Å². The second-order valence-electron chi connectivity index (χ2n) is 5.17. The minimum Gasteiger partial charge on any atom is -0.448 e. The molecule has 0 spiro atoms. The molecule has 19 heavy (non-hydrogen) atoms. The first-order chi connectivity index (χ1) is 8.88. The van der Waals surface area contributed by atoms with Crippen LogP contribution in [0.3, 0.4) is 0 Å². The molecule has 2 rings (SSSR count). The molecule has 0 N–H and O–H groups in total. The van der Waals surface area contributed by atoms with E-state index in [9.17, 15) is 8.42 Å². The van der Waals surface area contributed by atoms with E-state index in [-0.39, 0.29) is 6.04 Å². The van der Waals surface area contributed by atoms with Gasteiger partial charge in [0.15, 0.2) is 6.39 Å². The molecule has 1 aromatic heterocycles. The Kier molecular flexibility index (Phi) is 4.27. The molecular weight excluding hydrogens is 266 g/mol. The topological polar surface area (TPSA) is 66.7 Å². The van der Waals surface area contributed by atoms with E-state index >= 15 is 0 Å². The third-order valence-electron chi connectivity index (χ3n) is 3.74. The van der Waals surface area contributed by atoms with Crippen molar-refractivity contribution < 1.29 is 12.8 Å². The zero-order valence-corrected chi connectivity index (χ0v) is 12.5. The van der Waals surface area contributed by atoms with Crippen LogP contribution in [-0.2, 0) is 16.6 Å². The Balaban J connectivity index is 2.00. The molecule has 7 heteroatoms. The van der Waals surface area contributed by atoms with Gasteiger partial charge in [-0.2, -0.15) is 0 Å². The number of piperidine rings is 1. The summed E-state index contributed by atoms with van der Waals surface area (Å²) in [5.41, 5.74) is 0.933. The molecule has 0 bridgehead atoms. The van der Waals surface area contributed by atoms with E-state index in [1.165, 1.54) is 17.0 Å². The lowest BCUT2D eigenvalue weighted by Gasteiger charge is -2.36. The Morgan fingerprint density at radius 2 is 2.32 bits per heavy atom. The average molecular weight is 287 g/mol. The number of hydrogen-bond donors (Lipinski definition) is 0. The molecule has 6 nitrogen and oxygen atoms in total. The van der Waals surface area contributed by atoms with Gasteiger partial charge in [-0.25, -0.2) is 17.7 Å². The lowest BCUT2D eigenvalue weighted by Crippen LogP contribution is -2.47. The molecule has 108 valence electrons. The van der Waals surface area contributed by atoms with Crippen LogP contribution in [0.1, 0.15) is 24.3 Å². The van der Waals surface area contributed by atoms with Gasteiger partial charge >= 0.3 is 0 Å². The predicted octanol–water partition coefficient (Wildman–Crippen LogP) is 0.839. The van der Waals surface area contributed by atoms with Gasteiger partial charge in [-0.15, -0.1) is 0 Å². The molecule has 2 heterocycles. The van der Waals surface area contributed by atoms with Gasteiger partial charge in [0.1, 0.15) is 5.76 Å². The summed E-state index contributed by atoms with van der Waals surface area (Å²) < 4.78 is 29.8. The van der Waals surface area contributed by atoms with Crippen molar-refractivity contribution in [3.05, 3.63) is 17.8 Å². The second-order valence-corrected chi connectivity index (χ2v) is 7.21. The lowest BCUT2D eigenvalue weighted by atomic mass is 10.1. The number of nitrogens with zero attached hydrogens (tertiary/aromatic N) is 3. The van der Waals surface area contributed by atoms with Crippen LogP contribution in [0.25, 0.3) is 0 Å². The SMILES string of the molecule is Cc1ocnc1CN1CCCC(N(C)S(C)(=O)=O)C1. The number of aromatic nitrogens is 1. The molecule has 0 amide bonds. The highest BCUT2D eigenvalue weighted by Gasteiger charge is 2.28. The van der Waals surface area contributed by atoms with Crippen molar-refractivity contribution in [2.45, 2.75) is 32.4 Å². The van der Waals surface area contributed by atoms with E-state index in [2.05, 4.69) is 9.88 Å². The maximum atomic E-state index is 11.6. The number of hydrogen-bond acceptors (Lipinski definition) is 5. The van der Waals surface area contributed by atoms with Crippen LogP contribution in [-0.4, -0.2) is 55.0 Å². The number of likely N-dealkylation sites (N-methyl/N-ethyl adjacent to an activating group) is 1. The molecule has 1 saturated heterocycles. The minimum atomic E-state index is -3.12. The quantitative estimate of drug-likeness (QED) is 0.821. The van der Waals surface area contributed by atoms with Crippen molar-refractivity contribution in [3.63, 3.8) is 0 Å². The van der Waals surface area contributed by atoms with Gasteiger partial charge in [-0.3, -0.25) is 4.90 Å². The number of oxazole rings is 1. The van der Waals surface area contributed by atoms with Gasteiger partial charge in [-0.1, -0.05) is 0 Å². The molecule has 0 radical (unpaired) electrons. The van der Waals surface area contributed by atoms with E-state index in [1.807, 2.05) is 6.92 Å². The standard InChI is InChI=1S/C12H21N3O3S/c1-10-12(13-9-18-10)8-15-6-4-5-11(7-15)14(2)19(3,16)17/h9,11H,4-8H2,1-3H3. The van der Waals surface area contributed by atoms with Crippen molar-refractivity contribution in [2.75, 3.05) is 26.4 Å². The van der Waals surface area contributed by atoms with E-state index in [0.717, 1.165) is 43.9 Å². The zero-order chi connectivity index (χ0) is 14.0. The smallest absolute Gasteiger partial charge is 0.211 e. The van der Waals surface area contributed by atoms with Gasteiger partial charge in [0.2, 0.25) is 10.0 Å². The van der Waals surface area contributed by atoms with Gasteiger partial charge in [0.25, 0.3) is 0 Å². The molecule has 1 atom stereocenters. The van der Waals surface area contributed by atoms with Crippen LogP contribution in [0, 0.1) is 6.92 Å². The monoisotopic (exact) mass is 287 g/mol. The zero-order valence-electron chi connectivity index (χ0n) is 11.7. The van der Waals surface area contributed by atoms with Crippen LogP contribution in [0.4, 0.5) is 0 Å². The highest BCUT2D eigenvalue weighted by atomic mass is 32.2. The van der Waals surface area contributed by atoms with Crippen molar-refractivity contribution in [1.29, 1.82) is 0 Å². The average Bonchev–Trinajstić information content (AvgIpc) is 2.73. The highest BCUT2D eigenvalue weighted by molar-refractivity contribution is 7.88. The van der Waals surface area contributed by atoms with Gasteiger partial charge in [0, 0.05) is 26.2 Å². The third kappa shape index (κ3) is 3.55.